The Morgan fingerprint density at radius 3 is 2.52 bits per heavy atom. The summed E-state index contributed by atoms with van der Waals surface area (Å²) in [5.74, 6) is -0.780. The van der Waals surface area contributed by atoms with Crippen molar-refractivity contribution in [3.63, 3.8) is 0 Å². The first kappa shape index (κ1) is 15.9. The van der Waals surface area contributed by atoms with E-state index in [1.54, 1.807) is 0 Å². The standard InChI is InChI=1S/C13H10ClF2N3O.ClH/c14-12-6-13(18-7-17-12)19-11(1-2-20-19)8-3-9(15)5-10(16)4-8;/h3-7,11H,1-2H2;1H/t11-;/m1./s1. The lowest BCUT2D eigenvalue weighted by Crippen LogP contribution is -2.22. The van der Waals surface area contributed by atoms with E-state index in [0.29, 0.717) is 24.4 Å². The highest BCUT2D eigenvalue weighted by Gasteiger charge is 2.29. The first-order valence-electron chi connectivity index (χ1n) is 5.99. The third-order valence-corrected chi connectivity index (χ3v) is 3.23. The molecular formula is C13H11Cl2F2N3O. The first-order valence-corrected chi connectivity index (χ1v) is 6.37. The number of nitrogens with zero attached hydrogens (tertiary/aromatic N) is 3. The molecule has 1 aliphatic heterocycles. The monoisotopic (exact) mass is 333 g/mol. The maximum atomic E-state index is 13.3. The van der Waals surface area contributed by atoms with E-state index in [1.807, 2.05) is 0 Å². The van der Waals surface area contributed by atoms with Crippen molar-refractivity contribution in [3.8, 4) is 0 Å². The molecular weight excluding hydrogens is 323 g/mol. The molecule has 0 radical (unpaired) electrons. The highest BCUT2D eigenvalue weighted by atomic mass is 35.5. The third kappa shape index (κ3) is 3.40. The predicted octanol–water partition coefficient (Wildman–Crippen LogP) is 3.71. The van der Waals surface area contributed by atoms with Crippen LogP contribution in [0.5, 0.6) is 0 Å². The van der Waals surface area contributed by atoms with Gasteiger partial charge in [-0.3, -0.25) is 4.84 Å². The predicted molar refractivity (Wildman–Crippen MR) is 76.4 cm³/mol. The Morgan fingerprint density at radius 1 is 1.14 bits per heavy atom. The smallest absolute Gasteiger partial charge is 0.157 e. The minimum absolute atomic E-state index is 0. The Kier molecular flexibility index (Phi) is 4.92. The van der Waals surface area contributed by atoms with Gasteiger partial charge in [-0.1, -0.05) is 11.6 Å². The summed E-state index contributed by atoms with van der Waals surface area (Å²) in [5, 5.41) is 1.77. The van der Waals surface area contributed by atoms with Crippen molar-refractivity contribution in [2.45, 2.75) is 12.5 Å². The van der Waals surface area contributed by atoms with Gasteiger partial charge in [0, 0.05) is 18.6 Å². The molecule has 112 valence electrons. The number of aromatic nitrogens is 2. The highest BCUT2D eigenvalue weighted by molar-refractivity contribution is 6.29. The van der Waals surface area contributed by atoms with Gasteiger partial charge in [0.2, 0.25) is 0 Å². The maximum absolute atomic E-state index is 13.3. The van der Waals surface area contributed by atoms with Crippen molar-refractivity contribution >= 4 is 29.8 Å². The normalized spacial score (nSPS) is 17.7. The molecule has 1 aliphatic rings. The van der Waals surface area contributed by atoms with Crippen molar-refractivity contribution in [2.24, 2.45) is 0 Å². The second-order valence-electron chi connectivity index (χ2n) is 4.37. The van der Waals surface area contributed by atoms with Crippen molar-refractivity contribution in [1.29, 1.82) is 0 Å². The van der Waals surface area contributed by atoms with Gasteiger partial charge in [-0.25, -0.2) is 23.8 Å². The van der Waals surface area contributed by atoms with Gasteiger partial charge in [-0.05, 0) is 17.7 Å². The van der Waals surface area contributed by atoms with Crippen molar-refractivity contribution in [1.82, 2.24) is 9.97 Å². The van der Waals surface area contributed by atoms with Gasteiger partial charge in [0.05, 0.1) is 12.6 Å². The second kappa shape index (κ2) is 6.51. The summed E-state index contributed by atoms with van der Waals surface area (Å²) in [6, 6.07) is 4.64. The van der Waals surface area contributed by atoms with Gasteiger partial charge in [0.15, 0.2) is 5.82 Å². The van der Waals surface area contributed by atoms with Gasteiger partial charge in [-0.2, -0.15) is 0 Å². The van der Waals surface area contributed by atoms with Gasteiger partial charge in [0.1, 0.15) is 23.1 Å². The van der Waals surface area contributed by atoms with Crippen LogP contribution >= 0.6 is 24.0 Å². The molecule has 1 aromatic carbocycles. The minimum Gasteiger partial charge on any atom is -0.271 e. The van der Waals surface area contributed by atoms with Gasteiger partial charge in [0.25, 0.3) is 0 Å². The molecule has 0 spiro atoms. The summed E-state index contributed by atoms with van der Waals surface area (Å²) in [6.07, 6.45) is 1.91. The van der Waals surface area contributed by atoms with Crippen LogP contribution in [0.15, 0.2) is 30.6 Å². The number of halogens is 4. The van der Waals surface area contributed by atoms with Crippen LogP contribution in [0.1, 0.15) is 18.0 Å². The summed E-state index contributed by atoms with van der Waals surface area (Å²) in [5.41, 5.74) is 0.495. The van der Waals surface area contributed by atoms with Crippen molar-refractivity contribution in [3.05, 3.63) is 52.9 Å². The Morgan fingerprint density at radius 2 is 1.86 bits per heavy atom. The van der Waals surface area contributed by atoms with E-state index in [4.69, 9.17) is 16.4 Å². The van der Waals surface area contributed by atoms with E-state index in [0.717, 1.165) is 6.07 Å². The lowest BCUT2D eigenvalue weighted by molar-refractivity contribution is 0.156. The number of hydrogen-bond acceptors (Lipinski definition) is 4. The molecule has 0 amide bonds. The zero-order valence-corrected chi connectivity index (χ0v) is 12.2. The SMILES string of the molecule is Cl.Fc1cc(F)cc([C@H]2CCON2c2cc(Cl)ncn2)c1. The average molecular weight is 334 g/mol. The zero-order chi connectivity index (χ0) is 14.1. The fourth-order valence-electron chi connectivity index (χ4n) is 2.21. The first-order chi connectivity index (χ1) is 9.63. The fraction of sp³-hybridized carbons (Fsp3) is 0.231. The van der Waals surface area contributed by atoms with Crippen LogP contribution in [0.2, 0.25) is 5.15 Å². The Hall–Kier alpha value is -1.50. The van der Waals surface area contributed by atoms with E-state index in [2.05, 4.69) is 9.97 Å². The molecule has 0 N–H and O–H groups in total. The second-order valence-corrected chi connectivity index (χ2v) is 4.75. The summed E-state index contributed by atoms with van der Waals surface area (Å²) in [6.45, 7) is 0.435. The molecule has 1 atom stereocenters. The van der Waals surface area contributed by atoms with E-state index in [-0.39, 0.29) is 23.6 Å². The molecule has 2 heterocycles. The quantitative estimate of drug-likeness (QED) is 0.785. The van der Waals surface area contributed by atoms with Crippen LogP contribution in [-0.4, -0.2) is 16.6 Å². The molecule has 0 saturated carbocycles. The molecule has 0 unspecified atom stereocenters. The Labute approximate surface area is 131 Å². The molecule has 2 aromatic rings. The molecule has 8 heteroatoms. The van der Waals surface area contributed by atoms with E-state index < -0.39 is 11.6 Å². The number of rotatable bonds is 2. The van der Waals surface area contributed by atoms with Crippen molar-refractivity contribution in [2.75, 3.05) is 11.7 Å². The maximum Gasteiger partial charge on any atom is 0.157 e. The fourth-order valence-corrected chi connectivity index (χ4v) is 2.35. The molecule has 3 rings (SSSR count). The Balaban J connectivity index is 0.00000161. The molecule has 1 fully saturated rings. The van der Waals surface area contributed by atoms with Gasteiger partial charge >= 0.3 is 0 Å². The third-order valence-electron chi connectivity index (χ3n) is 3.02. The van der Waals surface area contributed by atoms with Crippen LogP contribution < -0.4 is 5.06 Å². The van der Waals surface area contributed by atoms with Gasteiger partial charge < -0.3 is 0 Å². The van der Waals surface area contributed by atoms with E-state index >= 15 is 0 Å². The highest BCUT2D eigenvalue weighted by Crippen LogP contribution is 2.34. The van der Waals surface area contributed by atoms with E-state index in [1.165, 1.54) is 29.6 Å². The average Bonchev–Trinajstić information content (AvgIpc) is 2.86. The number of hydroxylamine groups is 1. The molecule has 21 heavy (non-hydrogen) atoms. The molecule has 0 bridgehead atoms. The molecule has 0 aliphatic carbocycles. The molecule has 1 saturated heterocycles. The summed E-state index contributed by atoms with van der Waals surface area (Å²) in [7, 11) is 0. The van der Waals surface area contributed by atoms with Gasteiger partial charge in [-0.15, -0.1) is 12.4 Å². The zero-order valence-electron chi connectivity index (χ0n) is 10.7. The summed E-state index contributed by atoms with van der Waals surface area (Å²) < 4.78 is 26.7. The number of hydrogen-bond donors (Lipinski definition) is 0. The lowest BCUT2D eigenvalue weighted by atomic mass is 10.0. The molecule has 4 nitrogen and oxygen atoms in total. The topological polar surface area (TPSA) is 38.2 Å². The molecule has 1 aromatic heterocycles. The summed E-state index contributed by atoms with van der Waals surface area (Å²) >= 11 is 5.81. The van der Waals surface area contributed by atoms with Crippen molar-refractivity contribution < 1.29 is 13.6 Å². The van der Waals surface area contributed by atoms with Crippen LogP contribution in [0.4, 0.5) is 14.6 Å². The minimum atomic E-state index is -0.618. The lowest BCUT2D eigenvalue weighted by Gasteiger charge is -2.23. The van der Waals surface area contributed by atoms with Crippen LogP contribution in [0.3, 0.4) is 0 Å². The number of benzene rings is 1. The van der Waals surface area contributed by atoms with Crippen LogP contribution in [-0.2, 0) is 4.84 Å². The number of anilines is 1. The van der Waals surface area contributed by atoms with Crippen LogP contribution in [0.25, 0.3) is 0 Å². The van der Waals surface area contributed by atoms with Crippen LogP contribution in [0, 0.1) is 11.6 Å². The van der Waals surface area contributed by atoms with E-state index in [9.17, 15) is 8.78 Å². The summed E-state index contributed by atoms with van der Waals surface area (Å²) in [4.78, 5) is 13.3. The largest absolute Gasteiger partial charge is 0.271 e. The Bertz CT molecular complexity index is 624.